The highest BCUT2D eigenvalue weighted by molar-refractivity contribution is 5.73. The molecule has 3 rings (SSSR count). The third kappa shape index (κ3) is 5.57. The molecule has 0 aliphatic carbocycles. The second-order valence-corrected chi connectivity index (χ2v) is 7.84. The molecule has 0 radical (unpaired) electrons. The predicted octanol–water partition coefficient (Wildman–Crippen LogP) is 2.98. The molecule has 0 saturated carbocycles. The number of carbonyl (C=O) groups excluding carboxylic acids is 1. The van der Waals surface area contributed by atoms with Crippen molar-refractivity contribution in [1.29, 1.82) is 0 Å². The average Bonchev–Trinajstić information content (AvgIpc) is 3.23. The molecule has 6 heteroatoms. The Morgan fingerprint density at radius 3 is 2.52 bits per heavy atom. The Balaban J connectivity index is 1.38. The number of carbonyl (C=O) groups is 1. The van der Waals surface area contributed by atoms with Crippen molar-refractivity contribution in [2.75, 3.05) is 26.2 Å². The van der Waals surface area contributed by atoms with Gasteiger partial charge in [0.2, 0.25) is 0 Å². The Morgan fingerprint density at radius 1 is 1.11 bits per heavy atom. The van der Waals surface area contributed by atoms with E-state index >= 15 is 0 Å². The first-order valence-electron chi connectivity index (χ1n) is 9.90. The summed E-state index contributed by atoms with van der Waals surface area (Å²) in [4.78, 5) is 14.6. The lowest BCUT2D eigenvalue weighted by molar-refractivity contribution is 0.0960. The molecule has 27 heavy (non-hydrogen) atoms. The Kier molecular flexibility index (Phi) is 6.50. The highest BCUT2D eigenvalue weighted by Gasteiger charge is 2.28. The van der Waals surface area contributed by atoms with E-state index in [9.17, 15) is 4.79 Å². The summed E-state index contributed by atoms with van der Waals surface area (Å²) in [5.74, 6) is 0. The number of likely N-dealkylation sites (tertiary alicyclic amines) is 1. The fourth-order valence-electron chi connectivity index (χ4n) is 3.53. The molecular weight excluding hydrogens is 338 g/mol. The van der Waals surface area contributed by atoms with Crippen LogP contribution in [0.25, 0.3) is 5.69 Å². The molecule has 0 spiro atoms. The van der Waals surface area contributed by atoms with Crippen LogP contribution in [0.15, 0.2) is 42.7 Å². The molecule has 0 bridgehead atoms. The second kappa shape index (κ2) is 9.04. The molecule has 0 atom stereocenters. The van der Waals surface area contributed by atoms with Gasteiger partial charge in [-0.15, -0.1) is 0 Å². The Morgan fingerprint density at radius 2 is 1.85 bits per heavy atom. The van der Waals surface area contributed by atoms with Gasteiger partial charge in [0.1, 0.15) is 0 Å². The third-order valence-corrected chi connectivity index (χ3v) is 5.30. The van der Waals surface area contributed by atoms with E-state index in [-0.39, 0.29) is 11.6 Å². The molecule has 2 heterocycles. The highest BCUT2D eigenvalue weighted by atomic mass is 16.2. The zero-order valence-corrected chi connectivity index (χ0v) is 16.4. The van der Waals surface area contributed by atoms with E-state index in [0.29, 0.717) is 13.1 Å². The van der Waals surface area contributed by atoms with Crippen LogP contribution in [-0.4, -0.2) is 52.4 Å². The van der Waals surface area contributed by atoms with Gasteiger partial charge in [-0.25, -0.2) is 9.48 Å². The van der Waals surface area contributed by atoms with Crippen LogP contribution >= 0.6 is 0 Å². The van der Waals surface area contributed by atoms with Crippen molar-refractivity contribution in [3.63, 3.8) is 0 Å². The molecule has 146 valence electrons. The molecule has 1 aromatic heterocycles. The molecule has 1 aliphatic heterocycles. The first-order chi connectivity index (χ1) is 13.0. The SMILES string of the molecule is CC(C)(CNC(=O)NCCc1ccc(-n2cccn2)cc1)N1CCCCC1. The van der Waals surface area contributed by atoms with Crippen molar-refractivity contribution in [1.82, 2.24) is 25.3 Å². The third-order valence-electron chi connectivity index (χ3n) is 5.30. The van der Waals surface area contributed by atoms with Crippen molar-refractivity contribution in [3.8, 4) is 5.69 Å². The van der Waals surface area contributed by atoms with Crippen molar-refractivity contribution >= 4 is 6.03 Å². The molecule has 2 N–H and O–H groups in total. The fraction of sp³-hybridized carbons (Fsp3) is 0.524. The minimum absolute atomic E-state index is 0.0000906. The first kappa shape index (κ1) is 19.4. The number of hydrogen-bond acceptors (Lipinski definition) is 3. The van der Waals surface area contributed by atoms with Crippen LogP contribution in [0.2, 0.25) is 0 Å². The topological polar surface area (TPSA) is 62.2 Å². The highest BCUT2D eigenvalue weighted by Crippen LogP contribution is 2.19. The van der Waals surface area contributed by atoms with E-state index in [1.807, 2.05) is 29.1 Å². The van der Waals surface area contributed by atoms with E-state index < -0.39 is 0 Å². The van der Waals surface area contributed by atoms with E-state index in [2.05, 4.69) is 46.6 Å². The molecule has 1 aliphatic rings. The van der Waals surface area contributed by atoms with Gasteiger partial charge in [0.25, 0.3) is 0 Å². The normalized spacial score (nSPS) is 15.5. The van der Waals surface area contributed by atoms with E-state index in [1.165, 1.54) is 24.8 Å². The fourth-order valence-corrected chi connectivity index (χ4v) is 3.53. The molecule has 1 aromatic carbocycles. The maximum Gasteiger partial charge on any atom is 0.314 e. The zero-order valence-electron chi connectivity index (χ0n) is 16.4. The quantitative estimate of drug-likeness (QED) is 0.789. The lowest BCUT2D eigenvalue weighted by Crippen LogP contribution is -2.54. The van der Waals surface area contributed by atoms with Gasteiger partial charge in [-0.1, -0.05) is 18.6 Å². The number of aromatic nitrogens is 2. The number of nitrogens with zero attached hydrogens (tertiary/aromatic N) is 3. The lowest BCUT2D eigenvalue weighted by atomic mass is 9.98. The zero-order chi connectivity index (χ0) is 19.1. The molecular formula is C21H31N5O. The van der Waals surface area contributed by atoms with Crippen LogP contribution < -0.4 is 10.6 Å². The number of piperidine rings is 1. The first-order valence-corrected chi connectivity index (χ1v) is 9.90. The molecule has 1 fully saturated rings. The number of nitrogens with one attached hydrogen (secondary N) is 2. The summed E-state index contributed by atoms with van der Waals surface area (Å²) in [6.07, 6.45) is 8.34. The van der Waals surface area contributed by atoms with Crippen LogP contribution in [0.1, 0.15) is 38.7 Å². The average molecular weight is 370 g/mol. The van der Waals surface area contributed by atoms with Gasteiger partial charge in [0.15, 0.2) is 0 Å². The van der Waals surface area contributed by atoms with Gasteiger partial charge in [-0.3, -0.25) is 4.90 Å². The lowest BCUT2D eigenvalue weighted by Gasteiger charge is -2.41. The summed E-state index contributed by atoms with van der Waals surface area (Å²) in [7, 11) is 0. The van der Waals surface area contributed by atoms with Crippen LogP contribution in [0.4, 0.5) is 4.79 Å². The number of benzene rings is 1. The van der Waals surface area contributed by atoms with Crippen molar-refractivity contribution in [2.24, 2.45) is 0 Å². The molecule has 0 unspecified atom stereocenters. The summed E-state index contributed by atoms with van der Waals surface area (Å²) in [6, 6.07) is 10.1. The van der Waals surface area contributed by atoms with Gasteiger partial charge in [0, 0.05) is 31.0 Å². The van der Waals surface area contributed by atoms with Gasteiger partial charge in [-0.05, 0) is 70.0 Å². The molecule has 2 amide bonds. The number of amides is 2. The summed E-state index contributed by atoms with van der Waals surface area (Å²) >= 11 is 0. The monoisotopic (exact) mass is 369 g/mol. The Bertz CT molecular complexity index is 703. The second-order valence-electron chi connectivity index (χ2n) is 7.84. The Hall–Kier alpha value is -2.34. The van der Waals surface area contributed by atoms with Crippen molar-refractivity contribution in [3.05, 3.63) is 48.3 Å². The minimum Gasteiger partial charge on any atom is -0.338 e. The Labute approximate surface area is 161 Å². The van der Waals surface area contributed by atoms with Crippen molar-refractivity contribution in [2.45, 2.75) is 45.1 Å². The number of hydrogen-bond donors (Lipinski definition) is 2. The van der Waals surface area contributed by atoms with E-state index in [4.69, 9.17) is 0 Å². The number of urea groups is 1. The van der Waals surface area contributed by atoms with Gasteiger partial charge in [-0.2, -0.15) is 5.10 Å². The van der Waals surface area contributed by atoms with E-state index in [1.54, 1.807) is 6.20 Å². The van der Waals surface area contributed by atoms with Crippen LogP contribution in [0, 0.1) is 0 Å². The van der Waals surface area contributed by atoms with E-state index in [0.717, 1.165) is 25.2 Å². The summed E-state index contributed by atoms with van der Waals surface area (Å²) in [5.41, 5.74) is 2.23. The number of rotatable bonds is 7. The summed E-state index contributed by atoms with van der Waals surface area (Å²) in [6.45, 7) is 7.96. The maximum atomic E-state index is 12.1. The summed E-state index contributed by atoms with van der Waals surface area (Å²) in [5, 5.41) is 10.2. The van der Waals surface area contributed by atoms with Crippen LogP contribution in [0.5, 0.6) is 0 Å². The maximum absolute atomic E-state index is 12.1. The largest absolute Gasteiger partial charge is 0.338 e. The standard InChI is InChI=1S/C21H31N5O/c1-21(2,25-14-4-3-5-15-25)17-23-20(27)22-13-11-18-7-9-19(10-8-18)26-16-6-12-24-26/h6-10,12,16H,3-5,11,13-15,17H2,1-2H3,(H2,22,23,27). The van der Waals surface area contributed by atoms with Crippen LogP contribution in [-0.2, 0) is 6.42 Å². The molecule has 6 nitrogen and oxygen atoms in total. The van der Waals surface area contributed by atoms with Crippen LogP contribution in [0.3, 0.4) is 0 Å². The smallest absolute Gasteiger partial charge is 0.314 e. The summed E-state index contributed by atoms with van der Waals surface area (Å²) < 4.78 is 1.83. The predicted molar refractivity (Wildman–Crippen MR) is 108 cm³/mol. The van der Waals surface area contributed by atoms with Gasteiger partial charge < -0.3 is 10.6 Å². The molecule has 1 saturated heterocycles. The van der Waals surface area contributed by atoms with Gasteiger partial charge in [0.05, 0.1) is 5.69 Å². The van der Waals surface area contributed by atoms with Crippen molar-refractivity contribution < 1.29 is 4.79 Å². The van der Waals surface area contributed by atoms with Gasteiger partial charge >= 0.3 is 6.03 Å². The minimum atomic E-state index is -0.0896. The molecule has 2 aromatic rings.